The molecule has 3 aliphatic heterocycles. The third-order valence-corrected chi connectivity index (χ3v) is 12.1. The van der Waals surface area contributed by atoms with Gasteiger partial charge in [0.25, 0.3) is 0 Å². The summed E-state index contributed by atoms with van der Waals surface area (Å²) >= 11 is 3.80. The van der Waals surface area contributed by atoms with Crippen molar-refractivity contribution in [2.24, 2.45) is 17.3 Å². The minimum atomic E-state index is -1.25. The fourth-order valence-corrected chi connectivity index (χ4v) is 10.0. The summed E-state index contributed by atoms with van der Waals surface area (Å²) in [5.41, 5.74) is -1.19. The number of aliphatic hydroxyl groups excluding tert-OH is 1. The maximum Gasteiger partial charge on any atom is 0.313 e. The topological polar surface area (TPSA) is 117 Å². The predicted molar refractivity (Wildman–Crippen MR) is 210 cm³/mol. The predicted octanol–water partition coefficient (Wildman–Crippen LogP) is 6.61. The normalized spacial score (nSPS) is 26.2. The van der Waals surface area contributed by atoms with Crippen molar-refractivity contribution in [1.82, 2.24) is 14.7 Å². The average molecular weight is 801 g/mol. The Bertz CT molecular complexity index is 1480. The van der Waals surface area contributed by atoms with Crippen LogP contribution in [0, 0.1) is 17.3 Å². The second kappa shape index (κ2) is 17.6. The number of benzene rings is 1. The van der Waals surface area contributed by atoms with Crippen LogP contribution >= 0.6 is 15.9 Å². The zero-order valence-electron chi connectivity index (χ0n) is 32.9. The van der Waals surface area contributed by atoms with Gasteiger partial charge in [0.2, 0.25) is 17.7 Å². The number of aliphatic hydroxyl groups is 1. The second-order valence-electron chi connectivity index (χ2n) is 17.0. The highest BCUT2D eigenvalue weighted by Crippen LogP contribution is 2.61. The zero-order chi connectivity index (χ0) is 39.3. The fraction of sp³-hybridized carbons (Fsp3) is 0.667. The van der Waals surface area contributed by atoms with Crippen LogP contribution in [0.3, 0.4) is 0 Å². The number of likely N-dealkylation sites (N-methyl/N-ethyl adjacent to an activating group) is 1. The van der Waals surface area contributed by atoms with Crippen molar-refractivity contribution in [3.63, 3.8) is 0 Å². The molecule has 0 aromatic heterocycles. The molecule has 3 heterocycles. The van der Waals surface area contributed by atoms with E-state index < -0.39 is 53.2 Å². The maximum absolute atomic E-state index is 15.1. The standard InChI is InChI=1S/C42H62BrN3O7/c1-10-12-22-31(48)44(9)28(3)34(29-20-16-15-17-21-29)52-39(51)32-33-37(49)45(24-18-13-14-19-25-47)36(42(33)26-30(43)35(32)53-42)38(50)46(23-11-2)41(7,8)27-40(4,5)6/h10-11,15-17,20-21,28,30,32-36,47H,1-2,12-14,18-19,22-27H2,3-9H3/t28-,30?,32-,33+,34+,35-,36-,42+/m0/s1. The lowest BCUT2D eigenvalue weighted by atomic mass is 9.70. The molecule has 0 aliphatic carbocycles. The van der Waals surface area contributed by atoms with Crippen molar-refractivity contribution in [2.45, 2.75) is 133 Å². The number of hydrogen-bond donors (Lipinski definition) is 1. The number of allylic oxidation sites excluding steroid dienone is 1. The van der Waals surface area contributed by atoms with Gasteiger partial charge in [-0.25, -0.2) is 0 Å². The van der Waals surface area contributed by atoms with E-state index in [9.17, 15) is 19.5 Å². The first-order chi connectivity index (χ1) is 25.0. The summed E-state index contributed by atoms with van der Waals surface area (Å²) in [6, 6.07) is 7.86. The van der Waals surface area contributed by atoms with Crippen LogP contribution in [-0.4, -0.2) is 104 Å². The quantitative estimate of drug-likeness (QED) is 0.0725. The highest BCUT2D eigenvalue weighted by molar-refractivity contribution is 9.09. The number of nitrogens with zero attached hydrogens (tertiary/aromatic N) is 3. The number of esters is 1. The first-order valence-corrected chi connectivity index (χ1v) is 20.1. The number of amides is 3. The van der Waals surface area contributed by atoms with Crippen molar-refractivity contribution >= 4 is 39.6 Å². The molecule has 1 unspecified atom stereocenters. The molecule has 1 N–H and O–H groups in total. The van der Waals surface area contributed by atoms with E-state index in [1.54, 1.807) is 29.0 Å². The van der Waals surface area contributed by atoms with E-state index in [4.69, 9.17) is 9.47 Å². The molecule has 2 bridgehead atoms. The minimum absolute atomic E-state index is 0.0865. The van der Waals surface area contributed by atoms with Crippen molar-refractivity contribution in [1.29, 1.82) is 0 Å². The lowest BCUT2D eigenvalue weighted by molar-refractivity contribution is -0.164. The smallest absolute Gasteiger partial charge is 0.313 e. The molecular formula is C42H62BrN3O7. The molecule has 1 spiro atoms. The van der Waals surface area contributed by atoms with Gasteiger partial charge in [0.1, 0.15) is 17.7 Å². The minimum Gasteiger partial charge on any atom is -0.455 e. The van der Waals surface area contributed by atoms with Crippen LogP contribution in [0.25, 0.3) is 0 Å². The summed E-state index contributed by atoms with van der Waals surface area (Å²) in [4.78, 5) is 62.5. The van der Waals surface area contributed by atoms with Crippen LogP contribution in [0.1, 0.15) is 105 Å². The number of alkyl halides is 1. The van der Waals surface area contributed by atoms with Crippen LogP contribution in [-0.2, 0) is 28.7 Å². The van der Waals surface area contributed by atoms with Crippen molar-refractivity contribution in [3.05, 3.63) is 61.2 Å². The van der Waals surface area contributed by atoms with Gasteiger partial charge in [-0.3, -0.25) is 19.2 Å². The van der Waals surface area contributed by atoms with Gasteiger partial charge in [-0.15, -0.1) is 13.2 Å². The first kappa shape index (κ1) is 42.7. The number of carbonyl (C=O) groups excluding carboxylic acids is 4. The summed E-state index contributed by atoms with van der Waals surface area (Å²) in [6.07, 6.45) is 6.70. The fourth-order valence-electron chi connectivity index (χ4n) is 9.10. The largest absolute Gasteiger partial charge is 0.455 e. The van der Waals surface area contributed by atoms with Crippen LogP contribution in [0.5, 0.6) is 0 Å². The number of likely N-dealkylation sites (tertiary alicyclic amines) is 1. The van der Waals surface area contributed by atoms with Crippen LogP contribution < -0.4 is 0 Å². The van der Waals surface area contributed by atoms with Gasteiger partial charge < -0.3 is 29.3 Å². The molecule has 3 saturated heterocycles. The number of ether oxygens (including phenoxy) is 2. The monoisotopic (exact) mass is 799 g/mol. The molecule has 3 aliphatic rings. The Hall–Kier alpha value is -3.02. The van der Waals surface area contributed by atoms with Crippen LogP contribution in [0.4, 0.5) is 0 Å². The summed E-state index contributed by atoms with van der Waals surface area (Å²) < 4.78 is 13.2. The molecule has 4 rings (SSSR count). The lowest BCUT2D eigenvalue weighted by Crippen LogP contribution is -2.61. The van der Waals surface area contributed by atoms with E-state index in [2.05, 4.69) is 63.7 Å². The molecule has 10 nitrogen and oxygen atoms in total. The number of fused-ring (bicyclic) bond motifs is 1. The molecule has 3 amide bonds. The average Bonchev–Trinajstić information content (AvgIpc) is 3.69. The molecule has 0 radical (unpaired) electrons. The van der Waals surface area contributed by atoms with Gasteiger partial charge in [-0.05, 0) is 63.9 Å². The Labute approximate surface area is 325 Å². The maximum atomic E-state index is 15.1. The van der Waals surface area contributed by atoms with Crippen molar-refractivity contribution < 1.29 is 33.8 Å². The van der Waals surface area contributed by atoms with Gasteiger partial charge in [0.15, 0.2) is 0 Å². The van der Waals surface area contributed by atoms with Gasteiger partial charge >= 0.3 is 5.97 Å². The van der Waals surface area contributed by atoms with E-state index in [1.165, 1.54) is 0 Å². The summed E-state index contributed by atoms with van der Waals surface area (Å²) in [7, 11) is 1.70. The number of rotatable bonds is 19. The number of carbonyl (C=O) groups is 4. The van der Waals surface area contributed by atoms with Crippen molar-refractivity contribution in [2.75, 3.05) is 26.7 Å². The highest BCUT2D eigenvalue weighted by atomic mass is 79.9. The lowest BCUT2D eigenvalue weighted by Gasteiger charge is -2.45. The Kier molecular flexibility index (Phi) is 14.2. The SMILES string of the molecule is C=CCCC(=O)N(C)[C@@H](C)[C@@H](OC(=O)[C@@H]1[C@H]2O[C@@]3(CC2Br)[C@H](C(=O)N(CC=C)C(C)(C)CC(C)(C)C)N(CCCCCCO)C(=O)[C@@H]13)c1ccccc1. The highest BCUT2D eigenvalue weighted by Gasteiger charge is 2.77. The van der Waals surface area contributed by atoms with Crippen molar-refractivity contribution in [3.8, 4) is 0 Å². The molecule has 3 fully saturated rings. The Morgan fingerprint density at radius 3 is 2.36 bits per heavy atom. The number of hydrogen-bond acceptors (Lipinski definition) is 7. The second-order valence-corrected chi connectivity index (χ2v) is 18.1. The summed E-state index contributed by atoms with van der Waals surface area (Å²) in [5.74, 6) is -3.06. The van der Waals surface area contributed by atoms with E-state index in [-0.39, 0.29) is 41.0 Å². The summed E-state index contributed by atoms with van der Waals surface area (Å²) in [5, 5.41) is 9.34. The molecule has 0 saturated carbocycles. The molecule has 1 aromatic rings. The Morgan fingerprint density at radius 1 is 1.09 bits per heavy atom. The van der Waals surface area contributed by atoms with Gasteiger partial charge in [0.05, 0.1) is 24.0 Å². The third-order valence-electron chi connectivity index (χ3n) is 11.2. The molecule has 11 heteroatoms. The van der Waals surface area contributed by atoms with Crippen LogP contribution in [0.2, 0.25) is 0 Å². The van der Waals surface area contributed by atoms with E-state index in [0.717, 1.165) is 18.4 Å². The molecule has 1 aromatic carbocycles. The molecular weight excluding hydrogens is 738 g/mol. The van der Waals surface area contributed by atoms with Gasteiger partial charge in [-0.1, -0.05) is 92.0 Å². The van der Waals surface area contributed by atoms with Gasteiger partial charge in [0, 0.05) is 43.5 Å². The first-order valence-electron chi connectivity index (χ1n) is 19.2. The van der Waals surface area contributed by atoms with E-state index in [1.807, 2.05) is 42.2 Å². The van der Waals surface area contributed by atoms with E-state index in [0.29, 0.717) is 45.2 Å². The zero-order valence-corrected chi connectivity index (χ0v) is 34.5. The Morgan fingerprint density at radius 2 is 1.75 bits per heavy atom. The van der Waals surface area contributed by atoms with Gasteiger partial charge in [-0.2, -0.15) is 0 Å². The Balaban J connectivity index is 1.74. The molecule has 8 atom stereocenters. The summed E-state index contributed by atoms with van der Waals surface area (Å²) in [6.45, 7) is 20.8. The number of halogens is 1. The van der Waals surface area contributed by atoms with E-state index >= 15 is 4.79 Å². The third kappa shape index (κ3) is 9.10. The molecule has 294 valence electrons. The van der Waals surface area contributed by atoms with Crippen LogP contribution in [0.15, 0.2) is 55.6 Å². The molecule has 53 heavy (non-hydrogen) atoms. The number of unbranched alkanes of at least 4 members (excludes halogenated alkanes) is 3.